The summed E-state index contributed by atoms with van der Waals surface area (Å²) in [5.74, 6) is -0.756. The maximum absolute atomic E-state index is 14.1. The number of rotatable bonds is 4. The van der Waals surface area contributed by atoms with Crippen molar-refractivity contribution in [1.29, 1.82) is 0 Å². The van der Waals surface area contributed by atoms with E-state index in [1.165, 1.54) is 6.07 Å². The topological polar surface area (TPSA) is 83.0 Å². The lowest BCUT2D eigenvalue weighted by atomic mass is 9.91. The van der Waals surface area contributed by atoms with Gasteiger partial charge in [-0.2, -0.15) is 0 Å². The zero-order valence-corrected chi connectivity index (χ0v) is 13.4. The molecule has 2 aromatic rings. The minimum Gasteiger partial charge on any atom is -0.388 e. The van der Waals surface area contributed by atoms with E-state index >= 15 is 0 Å². The van der Waals surface area contributed by atoms with Crippen molar-refractivity contribution in [2.75, 3.05) is 18.4 Å². The SMILES string of the molecule is C[C@H](Nc1cc(-c2n[nH]c(=O)o2)cc(F)c1Cl)C1CCNCC1. The number of benzene rings is 1. The predicted octanol–water partition coefficient (Wildman–Crippen LogP) is 2.62. The Morgan fingerprint density at radius 1 is 1.43 bits per heavy atom. The summed E-state index contributed by atoms with van der Waals surface area (Å²) in [6, 6.07) is 2.99. The number of halogens is 2. The number of hydrogen-bond donors (Lipinski definition) is 3. The minimum atomic E-state index is -0.687. The van der Waals surface area contributed by atoms with Gasteiger partial charge in [0.25, 0.3) is 0 Å². The summed E-state index contributed by atoms with van der Waals surface area (Å²) < 4.78 is 19.0. The van der Waals surface area contributed by atoms with Crippen molar-refractivity contribution in [3.63, 3.8) is 0 Å². The number of hydrogen-bond acceptors (Lipinski definition) is 5. The van der Waals surface area contributed by atoms with Crippen LogP contribution in [0, 0.1) is 11.7 Å². The lowest BCUT2D eigenvalue weighted by Gasteiger charge is -2.29. The first-order valence-electron chi connectivity index (χ1n) is 7.57. The Morgan fingerprint density at radius 2 is 2.17 bits per heavy atom. The second-order valence-electron chi connectivity index (χ2n) is 5.76. The zero-order valence-electron chi connectivity index (χ0n) is 12.7. The fourth-order valence-electron chi connectivity index (χ4n) is 2.88. The second-order valence-corrected chi connectivity index (χ2v) is 6.14. The molecular formula is C15H18ClFN4O2. The van der Waals surface area contributed by atoms with Crippen LogP contribution in [0.5, 0.6) is 0 Å². The third-order valence-corrected chi connectivity index (χ3v) is 4.57. The molecule has 3 N–H and O–H groups in total. The van der Waals surface area contributed by atoms with Crippen molar-refractivity contribution in [3.8, 4) is 11.5 Å². The Kier molecular flexibility index (Phi) is 4.68. The molecule has 1 aromatic carbocycles. The maximum atomic E-state index is 14.1. The van der Waals surface area contributed by atoms with Gasteiger partial charge in [0.1, 0.15) is 5.82 Å². The first-order chi connectivity index (χ1) is 11.0. The molecule has 0 aliphatic carbocycles. The zero-order chi connectivity index (χ0) is 16.4. The van der Waals surface area contributed by atoms with E-state index in [0.29, 0.717) is 17.2 Å². The van der Waals surface area contributed by atoms with Crippen molar-refractivity contribution < 1.29 is 8.81 Å². The lowest BCUT2D eigenvalue weighted by Crippen LogP contribution is -2.36. The van der Waals surface area contributed by atoms with Gasteiger partial charge in [0.05, 0.1) is 10.7 Å². The summed E-state index contributed by atoms with van der Waals surface area (Å²) in [6.07, 6.45) is 2.12. The summed E-state index contributed by atoms with van der Waals surface area (Å²) in [5, 5.41) is 12.5. The molecule has 0 bridgehead atoms. The summed E-state index contributed by atoms with van der Waals surface area (Å²) in [7, 11) is 0. The van der Waals surface area contributed by atoms with Crippen LogP contribution in [-0.4, -0.2) is 29.3 Å². The van der Waals surface area contributed by atoms with Crippen molar-refractivity contribution >= 4 is 17.3 Å². The molecule has 6 nitrogen and oxygen atoms in total. The molecule has 0 spiro atoms. The molecule has 1 saturated heterocycles. The van der Waals surface area contributed by atoms with Gasteiger partial charge in [-0.15, -0.1) is 5.10 Å². The van der Waals surface area contributed by atoms with Crippen LogP contribution in [-0.2, 0) is 0 Å². The van der Waals surface area contributed by atoms with E-state index in [9.17, 15) is 9.18 Å². The van der Waals surface area contributed by atoms with Crippen LogP contribution < -0.4 is 16.4 Å². The van der Waals surface area contributed by atoms with Gasteiger partial charge in [0, 0.05) is 11.6 Å². The standard InChI is InChI=1S/C15H18ClFN4O2/c1-8(9-2-4-18-5-3-9)19-12-7-10(6-11(17)13(12)16)14-20-21-15(22)23-14/h6-9,18-19H,2-5H2,1H3,(H,21,22)/t8-/m0/s1. The van der Waals surface area contributed by atoms with E-state index in [1.54, 1.807) is 6.07 Å². The van der Waals surface area contributed by atoms with E-state index in [0.717, 1.165) is 25.9 Å². The van der Waals surface area contributed by atoms with Gasteiger partial charge >= 0.3 is 5.76 Å². The van der Waals surface area contributed by atoms with Crippen LogP contribution in [0.3, 0.4) is 0 Å². The van der Waals surface area contributed by atoms with Crippen LogP contribution >= 0.6 is 11.6 Å². The van der Waals surface area contributed by atoms with Gasteiger partial charge in [-0.1, -0.05) is 11.6 Å². The molecule has 1 fully saturated rings. The van der Waals surface area contributed by atoms with Gasteiger partial charge in [-0.05, 0) is 50.9 Å². The fraction of sp³-hybridized carbons (Fsp3) is 0.467. The highest BCUT2D eigenvalue weighted by molar-refractivity contribution is 6.33. The van der Waals surface area contributed by atoms with Crippen molar-refractivity contribution in [2.45, 2.75) is 25.8 Å². The van der Waals surface area contributed by atoms with E-state index in [1.807, 2.05) is 0 Å². The largest absolute Gasteiger partial charge is 0.434 e. The highest BCUT2D eigenvalue weighted by atomic mass is 35.5. The van der Waals surface area contributed by atoms with Crippen molar-refractivity contribution in [2.24, 2.45) is 5.92 Å². The Morgan fingerprint density at radius 3 is 2.83 bits per heavy atom. The number of anilines is 1. The molecule has 0 amide bonds. The minimum absolute atomic E-state index is 0.0208. The van der Waals surface area contributed by atoms with Crippen LogP contribution in [0.25, 0.3) is 11.5 Å². The number of aromatic nitrogens is 2. The van der Waals surface area contributed by atoms with Gasteiger partial charge in [0.2, 0.25) is 5.89 Å². The number of piperidine rings is 1. The molecule has 0 radical (unpaired) electrons. The molecule has 3 rings (SSSR count). The smallest absolute Gasteiger partial charge is 0.388 e. The van der Waals surface area contributed by atoms with E-state index in [2.05, 4.69) is 27.8 Å². The highest BCUT2D eigenvalue weighted by Gasteiger charge is 2.22. The molecule has 1 aliphatic heterocycles. The maximum Gasteiger partial charge on any atom is 0.434 e. The monoisotopic (exact) mass is 340 g/mol. The van der Waals surface area contributed by atoms with Gasteiger partial charge in [-0.25, -0.2) is 14.3 Å². The molecule has 0 saturated carbocycles. The summed E-state index contributed by atoms with van der Waals surface area (Å²) in [4.78, 5) is 11.1. The third-order valence-electron chi connectivity index (χ3n) is 4.19. The molecule has 1 aliphatic rings. The summed E-state index contributed by atoms with van der Waals surface area (Å²) in [6.45, 7) is 4.03. The molecule has 23 heavy (non-hydrogen) atoms. The molecule has 2 heterocycles. The van der Waals surface area contributed by atoms with Gasteiger partial charge in [-0.3, -0.25) is 0 Å². The predicted molar refractivity (Wildman–Crippen MR) is 86.2 cm³/mol. The quantitative estimate of drug-likeness (QED) is 0.797. The molecule has 8 heteroatoms. The lowest BCUT2D eigenvalue weighted by molar-refractivity contribution is 0.343. The molecule has 0 unspecified atom stereocenters. The van der Waals surface area contributed by atoms with E-state index < -0.39 is 11.6 Å². The second kappa shape index (κ2) is 6.72. The Bertz CT molecular complexity index is 739. The normalized spacial score (nSPS) is 17.2. The fourth-order valence-corrected chi connectivity index (χ4v) is 3.04. The Hall–Kier alpha value is -1.86. The van der Waals surface area contributed by atoms with E-state index in [-0.39, 0.29) is 17.0 Å². The third kappa shape index (κ3) is 3.56. The summed E-state index contributed by atoms with van der Waals surface area (Å²) in [5.41, 5.74) is 0.823. The number of aromatic amines is 1. The Labute approximate surface area is 137 Å². The highest BCUT2D eigenvalue weighted by Crippen LogP contribution is 2.32. The first-order valence-corrected chi connectivity index (χ1v) is 7.94. The van der Waals surface area contributed by atoms with E-state index in [4.69, 9.17) is 16.0 Å². The van der Waals surface area contributed by atoms with Crippen LogP contribution in [0.2, 0.25) is 5.02 Å². The van der Waals surface area contributed by atoms with Crippen molar-refractivity contribution in [3.05, 3.63) is 33.5 Å². The number of nitrogens with one attached hydrogen (secondary N) is 3. The molecule has 1 atom stereocenters. The van der Waals surface area contributed by atoms with Crippen LogP contribution in [0.15, 0.2) is 21.3 Å². The van der Waals surface area contributed by atoms with Crippen LogP contribution in [0.1, 0.15) is 19.8 Å². The summed E-state index contributed by atoms with van der Waals surface area (Å²) >= 11 is 6.07. The van der Waals surface area contributed by atoms with Crippen molar-refractivity contribution in [1.82, 2.24) is 15.5 Å². The first kappa shape index (κ1) is 16.0. The van der Waals surface area contributed by atoms with Crippen LogP contribution in [0.4, 0.5) is 10.1 Å². The molecule has 1 aromatic heterocycles. The average molecular weight is 341 g/mol. The van der Waals surface area contributed by atoms with Gasteiger partial charge < -0.3 is 15.1 Å². The molecule has 124 valence electrons. The Balaban J connectivity index is 1.85. The van der Waals surface area contributed by atoms with Gasteiger partial charge in [0.15, 0.2) is 0 Å². The number of nitrogens with zero attached hydrogens (tertiary/aromatic N) is 1. The number of H-pyrrole nitrogens is 1. The average Bonchev–Trinajstić information content (AvgIpc) is 2.99. The molecular weight excluding hydrogens is 323 g/mol.